The fraction of sp³-hybridized carbons (Fsp3) is 0.600. The van der Waals surface area contributed by atoms with Gasteiger partial charge < -0.3 is 15.3 Å². The van der Waals surface area contributed by atoms with E-state index in [1.54, 1.807) is 11.8 Å². The number of carbonyl (C=O) groups excluding carboxylic acids is 1. The highest BCUT2D eigenvalue weighted by molar-refractivity contribution is 5.76. The van der Waals surface area contributed by atoms with Gasteiger partial charge in [0.25, 0.3) is 0 Å². The lowest BCUT2D eigenvalue weighted by atomic mass is 9.97. The molecule has 0 aliphatic carbocycles. The van der Waals surface area contributed by atoms with E-state index < -0.39 is 5.97 Å². The van der Waals surface area contributed by atoms with Crippen LogP contribution in [0.3, 0.4) is 0 Å². The summed E-state index contributed by atoms with van der Waals surface area (Å²) in [5.41, 5.74) is 0. The Balaban J connectivity index is 2.24. The summed E-state index contributed by atoms with van der Waals surface area (Å²) in [5, 5.41) is 11.1. The maximum absolute atomic E-state index is 11.4. The first-order chi connectivity index (χ1) is 7.02. The molecule has 0 bridgehead atoms. The number of carboxylic acid groups (broad SMARTS) is 1. The molecule has 1 atom stereocenters. The van der Waals surface area contributed by atoms with E-state index in [1.165, 1.54) is 0 Å². The molecule has 5 heteroatoms. The van der Waals surface area contributed by atoms with Crippen molar-refractivity contribution in [2.45, 2.75) is 19.4 Å². The molecule has 2 amide bonds. The molecule has 0 aromatic heterocycles. The molecule has 1 unspecified atom stereocenters. The molecule has 2 N–H and O–H groups in total. The van der Waals surface area contributed by atoms with Gasteiger partial charge in [-0.05, 0) is 6.92 Å². The molecule has 1 heterocycles. The zero-order valence-corrected chi connectivity index (χ0v) is 8.56. The standard InChI is InChI=1S/C10H14N2O3/c1-3-7(2)11-10(15)12-5-8(6-12)4-9(13)14/h1,7-8H,4-6H2,2H3,(H,11,15)(H,13,14). The van der Waals surface area contributed by atoms with Crippen molar-refractivity contribution in [2.24, 2.45) is 5.92 Å². The van der Waals surface area contributed by atoms with E-state index in [4.69, 9.17) is 11.5 Å². The van der Waals surface area contributed by atoms with Crippen LogP contribution in [0.4, 0.5) is 4.79 Å². The molecule has 1 aliphatic heterocycles. The molecule has 1 fully saturated rings. The summed E-state index contributed by atoms with van der Waals surface area (Å²) in [4.78, 5) is 23.3. The lowest BCUT2D eigenvalue weighted by Crippen LogP contribution is -2.55. The number of rotatable bonds is 3. The van der Waals surface area contributed by atoms with E-state index in [2.05, 4.69) is 11.2 Å². The van der Waals surface area contributed by atoms with E-state index in [-0.39, 0.29) is 24.4 Å². The number of carbonyl (C=O) groups is 2. The number of hydrogen-bond acceptors (Lipinski definition) is 2. The predicted molar refractivity (Wildman–Crippen MR) is 54.1 cm³/mol. The van der Waals surface area contributed by atoms with Crippen molar-refractivity contribution in [3.8, 4) is 12.3 Å². The van der Waals surface area contributed by atoms with Gasteiger partial charge in [-0.25, -0.2) is 4.79 Å². The average molecular weight is 210 g/mol. The van der Waals surface area contributed by atoms with Crippen LogP contribution < -0.4 is 5.32 Å². The molecule has 0 aromatic carbocycles. The van der Waals surface area contributed by atoms with Crippen LogP contribution >= 0.6 is 0 Å². The molecule has 5 nitrogen and oxygen atoms in total. The van der Waals surface area contributed by atoms with Gasteiger partial charge in [0.05, 0.1) is 12.5 Å². The van der Waals surface area contributed by atoms with E-state index in [0.29, 0.717) is 13.1 Å². The van der Waals surface area contributed by atoms with Gasteiger partial charge in [-0.15, -0.1) is 6.42 Å². The number of nitrogens with one attached hydrogen (secondary N) is 1. The Morgan fingerprint density at radius 2 is 2.27 bits per heavy atom. The SMILES string of the molecule is C#CC(C)NC(=O)N1CC(CC(=O)O)C1. The minimum absolute atomic E-state index is 0.0781. The summed E-state index contributed by atoms with van der Waals surface area (Å²) in [5.74, 6) is 1.65. The van der Waals surface area contributed by atoms with Crippen molar-refractivity contribution >= 4 is 12.0 Å². The number of likely N-dealkylation sites (tertiary alicyclic amines) is 1. The maximum atomic E-state index is 11.4. The second-order valence-electron chi connectivity index (χ2n) is 3.71. The third-order valence-corrected chi connectivity index (χ3v) is 2.30. The normalized spacial score (nSPS) is 17.5. The van der Waals surface area contributed by atoms with Crippen LogP contribution in [0.25, 0.3) is 0 Å². The van der Waals surface area contributed by atoms with Crippen LogP contribution in [0.15, 0.2) is 0 Å². The first-order valence-corrected chi connectivity index (χ1v) is 4.76. The maximum Gasteiger partial charge on any atom is 0.318 e. The number of terminal acetylenes is 1. The quantitative estimate of drug-likeness (QED) is 0.650. The van der Waals surface area contributed by atoms with Crippen LogP contribution in [0.1, 0.15) is 13.3 Å². The minimum atomic E-state index is -0.822. The Morgan fingerprint density at radius 1 is 1.67 bits per heavy atom. The van der Waals surface area contributed by atoms with Gasteiger partial charge in [-0.1, -0.05) is 5.92 Å². The first kappa shape index (κ1) is 11.4. The average Bonchev–Trinajstić information content (AvgIpc) is 2.09. The zero-order valence-electron chi connectivity index (χ0n) is 8.56. The summed E-state index contributed by atoms with van der Waals surface area (Å²) in [6.45, 7) is 2.71. The van der Waals surface area contributed by atoms with Crippen molar-refractivity contribution in [1.29, 1.82) is 0 Å². The van der Waals surface area contributed by atoms with Crippen molar-refractivity contribution in [3.05, 3.63) is 0 Å². The second-order valence-corrected chi connectivity index (χ2v) is 3.71. The van der Waals surface area contributed by atoms with E-state index in [0.717, 1.165) is 0 Å². The molecule has 0 saturated carbocycles. The third kappa shape index (κ3) is 3.17. The highest BCUT2D eigenvalue weighted by atomic mass is 16.4. The van der Waals surface area contributed by atoms with Crippen LogP contribution in [-0.2, 0) is 4.79 Å². The number of carboxylic acids is 1. The summed E-state index contributed by atoms with van der Waals surface area (Å²) in [6, 6.07) is -0.516. The molecule has 0 radical (unpaired) electrons. The highest BCUT2D eigenvalue weighted by Crippen LogP contribution is 2.18. The van der Waals surface area contributed by atoms with E-state index in [9.17, 15) is 9.59 Å². The number of nitrogens with zero attached hydrogens (tertiary/aromatic N) is 1. The lowest BCUT2D eigenvalue weighted by molar-refractivity contribution is -0.139. The third-order valence-electron chi connectivity index (χ3n) is 2.30. The molecule has 15 heavy (non-hydrogen) atoms. The molecule has 0 aromatic rings. The first-order valence-electron chi connectivity index (χ1n) is 4.76. The van der Waals surface area contributed by atoms with Crippen molar-refractivity contribution in [3.63, 3.8) is 0 Å². The Morgan fingerprint density at radius 3 is 2.73 bits per heavy atom. The van der Waals surface area contributed by atoms with Gasteiger partial charge in [0.1, 0.15) is 0 Å². The van der Waals surface area contributed by atoms with Gasteiger partial charge in [0, 0.05) is 19.0 Å². The molecule has 82 valence electrons. The number of hydrogen-bond donors (Lipinski definition) is 2. The molecule has 1 saturated heterocycles. The molecule has 1 rings (SSSR count). The lowest BCUT2D eigenvalue weighted by Gasteiger charge is -2.38. The van der Waals surface area contributed by atoms with Crippen LogP contribution in [-0.4, -0.2) is 41.1 Å². The minimum Gasteiger partial charge on any atom is -0.481 e. The van der Waals surface area contributed by atoms with E-state index >= 15 is 0 Å². The number of urea groups is 1. The molecular weight excluding hydrogens is 196 g/mol. The van der Waals surface area contributed by atoms with Crippen LogP contribution in [0.5, 0.6) is 0 Å². The summed E-state index contributed by atoms with van der Waals surface area (Å²) >= 11 is 0. The number of aliphatic carboxylic acids is 1. The predicted octanol–water partition coefficient (Wildman–Crippen LogP) is 0.124. The van der Waals surface area contributed by atoms with Crippen LogP contribution in [0, 0.1) is 18.3 Å². The van der Waals surface area contributed by atoms with Crippen molar-refractivity contribution < 1.29 is 14.7 Å². The van der Waals surface area contributed by atoms with Gasteiger partial charge in [-0.2, -0.15) is 0 Å². The summed E-state index contributed by atoms with van der Waals surface area (Å²) in [7, 11) is 0. The molecular formula is C10H14N2O3. The fourth-order valence-electron chi connectivity index (χ4n) is 1.43. The summed E-state index contributed by atoms with van der Waals surface area (Å²) < 4.78 is 0. The topological polar surface area (TPSA) is 69.6 Å². The van der Waals surface area contributed by atoms with Gasteiger partial charge in [-0.3, -0.25) is 4.79 Å². The zero-order chi connectivity index (χ0) is 11.4. The number of amides is 2. The Kier molecular flexibility index (Phi) is 3.56. The Labute approximate surface area is 88.4 Å². The Bertz CT molecular complexity index is 302. The van der Waals surface area contributed by atoms with Gasteiger partial charge in [0.15, 0.2) is 0 Å². The van der Waals surface area contributed by atoms with Crippen molar-refractivity contribution in [2.75, 3.05) is 13.1 Å². The fourth-order valence-corrected chi connectivity index (χ4v) is 1.43. The summed E-state index contributed by atoms with van der Waals surface area (Å²) in [6.07, 6.45) is 5.23. The van der Waals surface area contributed by atoms with Gasteiger partial charge >= 0.3 is 12.0 Å². The molecule has 0 spiro atoms. The van der Waals surface area contributed by atoms with E-state index in [1.807, 2.05) is 0 Å². The highest BCUT2D eigenvalue weighted by Gasteiger charge is 2.32. The van der Waals surface area contributed by atoms with Gasteiger partial charge in [0.2, 0.25) is 0 Å². The second kappa shape index (κ2) is 4.69. The molecule has 1 aliphatic rings. The Hall–Kier alpha value is -1.70. The van der Waals surface area contributed by atoms with Crippen molar-refractivity contribution in [1.82, 2.24) is 10.2 Å². The monoisotopic (exact) mass is 210 g/mol. The smallest absolute Gasteiger partial charge is 0.318 e. The van der Waals surface area contributed by atoms with Crippen LogP contribution in [0.2, 0.25) is 0 Å². The largest absolute Gasteiger partial charge is 0.481 e.